The Hall–Kier alpha value is -2.33. The smallest absolute Gasteiger partial charge is 0.166 e. The van der Waals surface area contributed by atoms with Crippen LogP contribution in [0.5, 0.6) is 0 Å². The quantitative estimate of drug-likeness (QED) is 0.507. The molecule has 2 aromatic carbocycles. The van der Waals surface area contributed by atoms with Crippen molar-refractivity contribution in [3.8, 4) is 10.4 Å². The van der Waals surface area contributed by atoms with Crippen LogP contribution in [0.2, 0.25) is 0 Å². The van der Waals surface area contributed by atoms with Gasteiger partial charge < -0.3 is 0 Å². The first kappa shape index (κ1) is 15.6. The van der Waals surface area contributed by atoms with E-state index in [4.69, 9.17) is 0 Å². The summed E-state index contributed by atoms with van der Waals surface area (Å²) in [6.07, 6.45) is -0.359. The molecule has 0 unspecified atom stereocenters. The molecule has 0 amide bonds. The third kappa shape index (κ3) is 3.90. The summed E-state index contributed by atoms with van der Waals surface area (Å²) < 4.78 is 38.4. The second-order valence-corrected chi connectivity index (χ2v) is 6.14. The van der Waals surface area contributed by atoms with E-state index >= 15 is 0 Å². The Morgan fingerprint density at radius 2 is 1.57 bits per heavy atom. The van der Waals surface area contributed by atoms with Crippen molar-refractivity contribution in [2.75, 3.05) is 0 Å². The van der Waals surface area contributed by atoms with Gasteiger partial charge in [0, 0.05) is 9.75 Å². The van der Waals surface area contributed by atoms with Gasteiger partial charge >= 0.3 is 6.18 Å². The van der Waals surface area contributed by atoms with E-state index in [0.717, 1.165) is 21.4 Å². The summed E-state index contributed by atoms with van der Waals surface area (Å²) in [5.41, 5.74) is 1.05. The monoisotopic (exact) mass is 330 g/mol. The maximum Gasteiger partial charge on any atom is 0.416 e. The van der Waals surface area contributed by atoms with Gasteiger partial charge in [-0.1, -0.05) is 48.5 Å². The minimum absolute atomic E-state index is 0.587. The molecule has 3 rings (SSSR count). The van der Waals surface area contributed by atoms with Crippen molar-refractivity contribution < 1.29 is 13.2 Å². The van der Waals surface area contributed by atoms with E-state index in [1.807, 2.05) is 54.6 Å². The fourth-order valence-corrected chi connectivity index (χ4v) is 3.10. The highest BCUT2D eigenvalue weighted by Crippen LogP contribution is 2.34. The van der Waals surface area contributed by atoms with Gasteiger partial charge in [-0.2, -0.15) is 13.2 Å². The summed E-state index contributed by atoms with van der Waals surface area (Å²) in [6, 6.07) is 19.1. The van der Waals surface area contributed by atoms with Crippen LogP contribution in [-0.4, -0.2) is 0 Å². The number of rotatable bonds is 3. The Balaban J connectivity index is 1.84. The molecule has 1 heterocycles. The van der Waals surface area contributed by atoms with Crippen molar-refractivity contribution in [2.45, 2.75) is 6.18 Å². The van der Waals surface area contributed by atoms with Crippen LogP contribution in [0.4, 0.5) is 13.2 Å². The summed E-state index contributed by atoms with van der Waals surface area (Å²) >= 11 is 1.47. The van der Waals surface area contributed by atoms with Crippen molar-refractivity contribution in [3.63, 3.8) is 0 Å². The van der Waals surface area contributed by atoms with E-state index in [0.29, 0.717) is 5.56 Å². The number of benzene rings is 2. The molecule has 0 aliphatic rings. The fourth-order valence-electron chi connectivity index (χ4n) is 2.19. The zero-order valence-corrected chi connectivity index (χ0v) is 12.9. The predicted octanol–water partition coefficient (Wildman–Crippen LogP) is 6.60. The lowest BCUT2D eigenvalue weighted by atomic mass is 10.1. The average Bonchev–Trinajstić information content (AvgIpc) is 3.02. The van der Waals surface area contributed by atoms with Gasteiger partial charge in [-0.25, -0.2) is 0 Å². The van der Waals surface area contributed by atoms with E-state index in [-0.39, 0.29) is 0 Å². The molecule has 116 valence electrons. The number of halogens is 3. The van der Waals surface area contributed by atoms with Crippen LogP contribution in [0.3, 0.4) is 0 Å². The summed E-state index contributed by atoms with van der Waals surface area (Å²) in [5.74, 6) is 0. The first-order valence-corrected chi connectivity index (χ1v) is 7.85. The van der Waals surface area contributed by atoms with Crippen molar-refractivity contribution in [2.24, 2.45) is 0 Å². The zero-order chi connectivity index (χ0) is 16.3. The van der Waals surface area contributed by atoms with Gasteiger partial charge in [0.1, 0.15) is 0 Å². The van der Waals surface area contributed by atoms with E-state index in [2.05, 4.69) is 0 Å². The molecule has 1 aromatic heterocycles. The van der Waals surface area contributed by atoms with Gasteiger partial charge in [0.05, 0.1) is 5.56 Å². The molecule has 0 atom stereocenters. The Morgan fingerprint density at radius 3 is 2.30 bits per heavy atom. The Kier molecular flexibility index (Phi) is 4.35. The van der Waals surface area contributed by atoms with Gasteiger partial charge in [0.2, 0.25) is 0 Å². The van der Waals surface area contributed by atoms with Crippen LogP contribution in [-0.2, 0) is 6.18 Å². The second kappa shape index (κ2) is 6.42. The third-order valence-electron chi connectivity index (χ3n) is 3.34. The lowest BCUT2D eigenvalue weighted by Crippen LogP contribution is -2.04. The number of alkyl halides is 3. The minimum Gasteiger partial charge on any atom is -0.166 e. The SMILES string of the molecule is FC(F)(F)c1cccc(-c2ccc(/C=C/c3ccccc3)s2)c1. The normalized spacial score (nSPS) is 12.0. The summed E-state index contributed by atoms with van der Waals surface area (Å²) in [7, 11) is 0. The van der Waals surface area contributed by atoms with Crippen molar-refractivity contribution in [1.82, 2.24) is 0 Å². The number of hydrogen-bond donors (Lipinski definition) is 0. The minimum atomic E-state index is -4.32. The number of hydrogen-bond acceptors (Lipinski definition) is 1. The molecular weight excluding hydrogens is 317 g/mol. The molecule has 0 aliphatic heterocycles. The molecule has 0 aliphatic carbocycles. The van der Waals surface area contributed by atoms with E-state index in [1.54, 1.807) is 6.07 Å². The van der Waals surface area contributed by atoms with Crippen LogP contribution in [0, 0.1) is 0 Å². The van der Waals surface area contributed by atoms with Gasteiger partial charge in [-0.05, 0) is 41.5 Å². The maximum absolute atomic E-state index is 12.8. The van der Waals surface area contributed by atoms with Crippen molar-refractivity contribution in [3.05, 3.63) is 82.7 Å². The molecule has 0 saturated heterocycles. The highest BCUT2D eigenvalue weighted by Gasteiger charge is 2.30. The van der Waals surface area contributed by atoms with Gasteiger partial charge in [0.15, 0.2) is 0 Å². The topological polar surface area (TPSA) is 0 Å². The third-order valence-corrected chi connectivity index (χ3v) is 4.44. The molecule has 4 heteroatoms. The fraction of sp³-hybridized carbons (Fsp3) is 0.0526. The predicted molar refractivity (Wildman–Crippen MR) is 90.1 cm³/mol. The average molecular weight is 330 g/mol. The van der Waals surface area contributed by atoms with Gasteiger partial charge in [0.25, 0.3) is 0 Å². The Labute approximate surface area is 136 Å². The van der Waals surface area contributed by atoms with E-state index < -0.39 is 11.7 Å². The summed E-state index contributed by atoms with van der Waals surface area (Å²) in [4.78, 5) is 1.82. The molecule has 23 heavy (non-hydrogen) atoms. The Morgan fingerprint density at radius 1 is 0.783 bits per heavy atom. The van der Waals surface area contributed by atoms with E-state index in [1.165, 1.54) is 23.5 Å². The molecule has 0 fully saturated rings. The van der Waals surface area contributed by atoms with E-state index in [9.17, 15) is 13.2 Å². The van der Waals surface area contributed by atoms with Crippen LogP contribution in [0.25, 0.3) is 22.6 Å². The lowest BCUT2D eigenvalue weighted by molar-refractivity contribution is -0.137. The largest absolute Gasteiger partial charge is 0.416 e. The number of thiophene rings is 1. The molecular formula is C19H13F3S. The molecule has 0 N–H and O–H groups in total. The molecule has 0 bridgehead atoms. The first-order valence-electron chi connectivity index (χ1n) is 7.03. The van der Waals surface area contributed by atoms with Crippen molar-refractivity contribution >= 4 is 23.5 Å². The summed E-state index contributed by atoms with van der Waals surface area (Å²) in [5, 5.41) is 0. The van der Waals surface area contributed by atoms with Gasteiger partial charge in [-0.15, -0.1) is 11.3 Å². The first-order chi connectivity index (χ1) is 11.0. The molecule has 0 saturated carbocycles. The standard InChI is InChI=1S/C19H13F3S/c20-19(21,22)16-8-4-7-15(13-16)18-12-11-17(23-18)10-9-14-5-2-1-3-6-14/h1-13H/b10-9+. The molecule has 0 radical (unpaired) electrons. The molecule has 3 aromatic rings. The second-order valence-electron chi connectivity index (χ2n) is 5.02. The van der Waals surface area contributed by atoms with Crippen molar-refractivity contribution in [1.29, 1.82) is 0 Å². The summed E-state index contributed by atoms with van der Waals surface area (Å²) in [6.45, 7) is 0. The van der Waals surface area contributed by atoms with Crippen LogP contribution in [0.15, 0.2) is 66.7 Å². The Bertz CT molecular complexity index is 814. The zero-order valence-electron chi connectivity index (χ0n) is 12.0. The van der Waals surface area contributed by atoms with Crippen LogP contribution in [0.1, 0.15) is 16.0 Å². The van der Waals surface area contributed by atoms with Crippen LogP contribution >= 0.6 is 11.3 Å². The van der Waals surface area contributed by atoms with Gasteiger partial charge in [-0.3, -0.25) is 0 Å². The highest BCUT2D eigenvalue weighted by molar-refractivity contribution is 7.16. The van der Waals surface area contributed by atoms with Crippen LogP contribution < -0.4 is 0 Å². The lowest BCUT2D eigenvalue weighted by Gasteiger charge is -2.07. The molecule has 0 nitrogen and oxygen atoms in total. The highest BCUT2D eigenvalue weighted by atomic mass is 32.1. The molecule has 0 spiro atoms. The maximum atomic E-state index is 12.8.